The number of imidazole rings is 1. The summed E-state index contributed by atoms with van der Waals surface area (Å²) in [6, 6.07) is 12.4. The minimum absolute atomic E-state index is 0.791. The van der Waals surface area contributed by atoms with E-state index in [0.717, 1.165) is 30.8 Å². The van der Waals surface area contributed by atoms with Crippen LogP contribution in [0, 0.1) is 0 Å². The van der Waals surface area contributed by atoms with E-state index in [4.69, 9.17) is 0 Å². The van der Waals surface area contributed by atoms with Crippen molar-refractivity contribution in [1.82, 2.24) is 19.9 Å². The van der Waals surface area contributed by atoms with E-state index in [0.29, 0.717) is 0 Å². The van der Waals surface area contributed by atoms with Crippen molar-refractivity contribution in [1.29, 1.82) is 0 Å². The van der Waals surface area contributed by atoms with Crippen LogP contribution >= 0.6 is 0 Å². The first kappa shape index (κ1) is 11.9. The fourth-order valence-corrected chi connectivity index (χ4v) is 2.05. The molecule has 0 unspecified atom stereocenters. The molecule has 1 N–H and O–H groups in total. The Bertz CT molecular complexity index is 646. The van der Waals surface area contributed by atoms with Gasteiger partial charge in [-0.15, -0.1) is 0 Å². The highest BCUT2D eigenvalue weighted by molar-refractivity contribution is 5.78. The van der Waals surface area contributed by atoms with Crippen LogP contribution in [0.15, 0.2) is 55.1 Å². The van der Waals surface area contributed by atoms with Crippen LogP contribution in [0.3, 0.4) is 0 Å². The summed E-state index contributed by atoms with van der Waals surface area (Å²) in [4.78, 5) is 8.64. The van der Waals surface area contributed by atoms with E-state index >= 15 is 0 Å². The van der Waals surface area contributed by atoms with Crippen molar-refractivity contribution < 1.29 is 0 Å². The summed E-state index contributed by atoms with van der Waals surface area (Å²) in [6.45, 7) is 2.62. The van der Waals surface area contributed by atoms with Gasteiger partial charge in [0.05, 0.1) is 17.5 Å². The first-order chi connectivity index (χ1) is 9.42. The molecular weight excluding hydrogens is 236 g/mol. The highest BCUT2D eigenvalue weighted by Crippen LogP contribution is 2.11. The normalized spacial score (nSPS) is 10.9. The van der Waals surface area contributed by atoms with Crippen LogP contribution in [-0.2, 0) is 13.1 Å². The molecule has 0 saturated carbocycles. The third kappa shape index (κ3) is 2.98. The Morgan fingerprint density at radius 3 is 2.95 bits per heavy atom. The molecule has 0 atom stereocenters. The second-order valence-electron chi connectivity index (χ2n) is 4.47. The SMILES string of the molecule is c1ccc2nc(CNCCn3ccnc3)ccc2c1. The molecule has 96 valence electrons. The average Bonchev–Trinajstić information content (AvgIpc) is 2.97. The predicted octanol–water partition coefficient (Wildman–Crippen LogP) is 2.22. The van der Waals surface area contributed by atoms with Gasteiger partial charge in [-0.2, -0.15) is 0 Å². The number of aromatic nitrogens is 3. The molecule has 0 fully saturated rings. The molecule has 3 rings (SSSR count). The molecule has 0 spiro atoms. The number of pyridine rings is 1. The maximum atomic E-state index is 4.63. The van der Waals surface area contributed by atoms with E-state index in [1.807, 2.05) is 30.7 Å². The molecule has 4 nitrogen and oxygen atoms in total. The molecule has 0 aliphatic rings. The van der Waals surface area contributed by atoms with Crippen LogP contribution in [0.2, 0.25) is 0 Å². The number of hydrogen-bond acceptors (Lipinski definition) is 3. The lowest BCUT2D eigenvalue weighted by Crippen LogP contribution is -2.19. The molecule has 2 heterocycles. The van der Waals surface area contributed by atoms with Crippen molar-refractivity contribution in [3.63, 3.8) is 0 Å². The third-order valence-corrected chi connectivity index (χ3v) is 3.07. The van der Waals surface area contributed by atoms with Crippen molar-refractivity contribution >= 4 is 10.9 Å². The Hall–Kier alpha value is -2.20. The summed E-state index contributed by atoms with van der Waals surface area (Å²) in [5.74, 6) is 0. The molecule has 0 aliphatic heterocycles. The Balaban J connectivity index is 1.56. The van der Waals surface area contributed by atoms with Gasteiger partial charge in [0, 0.05) is 37.4 Å². The topological polar surface area (TPSA) is 42.7 Å². The fraction of sp³-hybridized carbons (Fsp3) is 0.200. The van der Waals surface area contributed by atoms with Gasteiger partial charge in [-0.1, -0.05) is 24.3 Å². The lowest BCUT2D eigenvalue weighted by molar-refractivity contribution is 0.593. The molecule has 2 aromatic heterocycles. The van der Waals surface area contributed by atoms with Gasteiger partial charge in [-0.25, -0.2) is 4.98 Å². The molecule has 0 aliphatic carbocycles. The molecule has 0 radical (unpaired) electrons. The molecule has 4 heteroatoms. The molecule has 19 heavy (non-hydrogen) atoms. The van der Waals surface area contributed by atoms with Gasteiger partial charge in [-0.3, -0.25) is 4.98 Å². The largest absolute Gasteiger partial charge is 0.336 e. The summed E-state index contributed by atoms with van der Waals surface area (Å²) in [5.41, 5.74) is 2.13. The lowest BCUT2D eigenvalue weighted by Gasteiger charge is -2.06. The van der Waals surface area contributed by atoms with Crippen molar-refractivity contribution in [3.8, 4) is 0 Å². The maximum absolute atomic E-state index is 4.63. The molecule has 0 saturated heterocycles. The van der Waals surface area contributed by atoms with Gasteiger partial charge in [0.2, 0.25) is 0 Å². The van der Waals surface area contributed by atoms with E-state index in [-0.39, 0.29) is 0 Å². The van der Waals surface area contributed by atoms with Crippen LogP contribution < -0.4 is 5.32 Å². The molecule has 0 amide bonds. The minimum Gasteiger partial charge on any atom is -0.336 e. The standard InChI is InChI=1S/C15H16N4/c1-2-4-15-13(3-1)5-6-14(18-15)11-16-7-9-19-10-8-17-12-19/h1-6,8,10,12,16H,7,9,11H2. The van der Waals surface area contributed by atoms with Crippen molar-refractivity contribution in [2.24, 2.45) is 0 Å². The van der Waals surface area contributed by atoms with Gasteiger partial charge in [0.1, 0.15) is 0 Å². The summed E-state index contributed by atoms with van der Waals surface area (Å²) in [7, 11) is 0. The van der Waals surface area contributed by atoms with E-state index in [2.05, 4.69) is 38.1 Å². The van der Waals surface area contributed by atoms with E-state index in [1.165, 1.54) is 5.39 Å². The predicted molar refractivity (Wildman–Crippen MR) is 75.7 cm³/mol. The second-order valence-corrected chi connectivity index (χ2v) is 4.47. The zero-order valence-corrected chi connectivity index (χ0v) is 10.7. The monoisotopic (exact) mass is 252 g/mol. The first-order valence-electron chi connectivity index (χ1n) is 6.43. The van der Waals surface area contributed by atoms with Crippen LogP contribution in [-0.4, -0.2) is 21.1 Å². The number of para-hydroxylation sites is 1. The van der Waals surface area contributed by atoms with E-state index < -0.39 is 0 Å². The van der Waals surface area contributed by atoms with Gasteiger partial charge in [-0.05, 0) is 12.1 Å². The van der Waals surface area contributed by atoms with Crippen molar-refractivity contribution in [2.75, 3.05) is 6.54 Å². The van der Waals surface area contributed by atoms with Crippen LogP contribution in [0.1, 0.15) is 5.69 Å². The van der Waals surface area contributed by atoms with Gasteiger partial charge < -0.3 is 9.88 Å². The van der Waals surface area contributed by atoms with Crippen LogP contribution in [0.4, 0.5) is 0 Å². The number of hydrogen-bond donors (Lipinski definition) is 1. The Kier molecular flexibility index (Phi) is 3.51. The molecular formula is C15H16N4. The number of nitrogens with one attached hydrogen (secondary N) is 1. The van der Waals surface area contributed by atoms with E-state index in [9.17, 15) is 0 Å². The highest BCUT2D eigenvalue weighted by Gasteiger charge is 1.97. The van der Waals surface area contributed by atoms with Gasteiger partial charge in [0.15, 0.2) is 0 Å². The highest BCUT2D eigenvalue weighted by atomic mass is 15.0. The first-order valence-corrected chi connectivity index (χ1v) is 6.43. The maximum Gasteiger partial charge on any atom is 0.0946 e. The number of fused-ring (bicyclic) bond motifs is 1. The second kappa shape index (κ2) is 5.63. The summed E-state index contributed by atoms with van der Waals surface area (Å²) in [5, 5.41) is 4.58. The summed E-state index contributed by atoms with van der Waals surface area (Å²) < 4.78 is 2.06. The van der Waals surface area contributed by atoms with Gasteiger partial charge in [0.25, 0.3) is 0 Å². The average molecular weight is 252 g/mol. The number of nitrogens with zero attached hydrogens (tertiary/aromatic N) is 3. The lowest BCUT2D eigenvalue weighted by atomic mass is 10.2. The molecule has 1 aromatic carbocycles. The van der Waals surface area contributed by atoms with Crippen molar-refractivity contribution in [2.45, 2.75) is 13.1 Å². The Labute approximate surface area is 112 Å². The molecule has 3 aromatic rings. The molecule has 0 bridgehead atoms. The van der Waals surface area contributed by atoms with Crippen LogP contribution in [0.25, 0.3) is 10.9 Å². The summed E-state index contributed by atoms with van der Waals surface area (Å²) >= 11 is 0. The number of rotatable bonds is 5. The zero-order valence-electron chi connectivity index (χ0n) is 10.7. The quantitative estimate of drug-likeness (QED) is 0.708. The van der Waals surface area contributed by atoms with Crippen molar-refractivity contribution in [3.05, 3.63) is 60.8 Å². The Morgan fingerprint density at radius 1 is 1.11 bits per heavy atom. The zero-order chi connectivity index (χ0) is 12.9. The van der Waals surface area contributed by atoms with Gasteiger partial charge >= 0.3 is 0 Å². The smallest absolute Gasteiger partial charge is 0.0946 e. The van der Waals surface area contributed by atoms with E-state index in [1.54, 1.807) is 6.20 Å². The number of benzene rings is 1. The Morgan fingerprint density at radius 2 is 2.05 bits per heavy atom. The third-order valence-electron chi connectivity index (χ3n) is 3.07. The minimum atomic E-state index is 0.791. The van der Waals surface area contributed by atoms with Crippen LogP contribution in [0.5, 0.6) is 0 Å². The summed E-state index contributed by atoms with van der Waals surface area (Å²) in [6.07, 6.45) is 5.59. The fourth-order valence-electron chi connectivity index (χ4n) is 2.05.